The number of benzene rings is 1. The number of aliphatic carboxylic acids is 1. The maximum atomic E-state index is 10.9. The molecule has 0 saturated carbocycles. The summed E-state index contributed by atoms with van der Waals surface area (Å²) in [5.74, 6) is 0.497. The third-order valence-corrected chi connectivity index (χ3v) is 3.14. The van der Waals surface area contributed by atoms with E-state index in [1.54, 1.807) is 0 Å². The van der Waals surface area contributed by atoms with Crippen molar-refractivity contribution < 1.29 is 19.4 Å². The highest BCUT2D eigenvalue weighted by molar-refractivity contribution is 5.73. The summed E-state index contributed by atoms with van der Waals surface area (Å²) in [6.45, 7) is 4.43. The zero-order valence-corrected chi connectivity index (χ0v) is 11.2. The van der Waals surface area contributed by atoms with Crippen molar-refractivity contribution in [2.75, 3.05) is 6.61 Å². The SMILES string of the molecule is CCOc1cc2c(cc1C[C@H](N)C(=O)O)OC(C)C2. The van der Waals surface area contributed by atoms with E-state index in [1.807, 2.05) is 26.0 Å². The number of carbonyl (C=O) groups is 1. The Balaban J connectivity index is 2.30. The predicted molar refractivity (Wildman–Crippen MR) is 70.7 cm³/mol. The Labute approximate surface area is 112 Å². The summed E-state index contributed by atoms with van der Waals surface area (Å²) in [5, 5.41) is 8.90. The second kappa shape index (κ2) is 5.48. The minimum atomic E-state index is -1.02. The lowest BCUT2D eigenvalue weighted by molar-refractivity contribution is -0.138. The first-order chi connectivity index (χ1) is 9.01. The fraction of sp³-hybridized carbons (Fsp3) is 0.500. The number of fused-ring (bicyclic) bond motifs is 1. The first kappa shape index (κ1) is 13.7. The third-order valence-electron chi connectivity index (χ3n) is 3.14. The Bertz CT molecular complexity index is 487. The van der Waals surface area contributed by atoms with Gasteiger partial charge >= 0.3 is 5.97 Å². The largest absolute Gasteiger partial charge is 0.494 e. The second-order valence-corrected chi connectivity index (χ2v) is 4.78. The Morgan fingerprint density at radius 3 is 3.00 bits per heavy atom. The maximum absolute atomic E-state index is 10.9. The molecule has 0 spiro atoms. The van der Waals surface area contributed by atoms with Crippen molar-refractivity contribution in [1.82, 2.24) is 0 Å². The van der Waals surface area contributed by atoms with Gasteiger partial charge in [-0.25, -0.2) is 0 Å². The summed E-state index contributed by atoms with van der Waals surface area (Å²) in [6, 6.07) is 2.86. The molecular weight excluding hydrogens is 246 g/mol. The van der Waals surface area contributed by atoms with Crippen molar-refractivity contribution in [3.63, 3.8) is 0 Å². The maximum Gasteiger partial charge on any atom is 0.320 e. The number of nitrogens with two attached hydrogens (primary N) is 1. The lowest BCUT2D eigenvalue weighted by Gasteiger charge is -2.14. The van der Waals surface area contributed by atoms with E-state index >= 15 is 0 Å². The fourth-order valence-corrected chi connectivity index (χ4v) is 2.26. The van der Waals surface area contributed by atoms with Crippen LogP contribution in [-0.4, -0.2) is 29.8 Å². The molecule has 1 aromatic rings. The Morgan fingerprint density at radius 1 is 1.63 bits per heavy atom. The normalized spacial score (nSPS) is 18.6. The topological polar surface area (TPSA) is 81.8 Å². The van der Waals surface area contributed by atoms with E-state index < -0.39 is 12.0 Å². The summed E-state index contributed by atoms with van der Waals surface area (Å²) >= 11 is 0. The molecule has 0 fully saturated rings. The summed E-state index contributed by atoms with van der Waals surface area (Å²) in [4.78, 5) is 10.9. The first-order valence-electron chi connectivity index (χ1n) is 6.45. The quantitative estimate of drug-likeness (QED) is 0.840. The molecular formula is C14H19NO4. The van der Waals surface area contributed by atoms with Gasteiger partial charge in [0.05, 0.1) is 6.61 Å². The summed E-state index contributed by atoms with van der Waals surface area (Å²) in [7, 11) is 0. The molecule has 1 unspecified atom stereocenters. The lowest BCUT2D eigenvalue weighted by atomic mass is 10.0. The standard InChI is InChI=1S/C14H19NO4/c1-3-18-12-6-9-4-8(2)19-13(9)7-10(12)5-11(15)14(16)17/h6-8,11H,3-5,15H2,1-2H3,(H,16,17)/t8?,11-/m0/s1. The van der Waals surface area contributed by atoms with Gasteiger partial charge in [0, 0.05) is 18.4 Å². The van der Waals surface area contributed by atoms with Crippen LogP contribution in [0.5, 0.6) is 11.5 Å². The zero-order chi connectivity index (χ0) is 14.0. The van der Waals surface area contributed by atoms with Crippen LogP contribution in [0.1, 0.15) is 25.0 Å². The fourth-order valence-electron chi connectivity index (χ4n) is 2.26. The predicted octanol–water partition coefficient (Wildman–Crippen LogP) is 1.36. The molecule has 0 aromatic heterocycles. The number of carboxylic acid groups (broad SMARTS) is 1. The summed E-state index contributed by atoms with van der Waals surface area (Å²) in [6.07, 6.45) is 1.23. The van der Waals surface area contributed by atoms with Gasteiger partial charge in [-0.3, -0.25) is 4.79 Å². The van der Waals surface area contributed by atoms with Crippen LogP contribution in [0.4, 0.5) is 0 Å². The molecule has 0 aliphatic carbocycles. The molecule has 5 heteroatoms. The highest BCUT2D eigenvalue weighted by atomic mass is 16.5. The zero-order valence-electron chi connectivity index (χ0n) is 11.2. The van der Waals surface area contributed by atoms with Crippen LogP contribution < -0.4 is 15.2 Å². The average molecular weight is 265 g/mol. The van der Waals surface area contributed by atoms with E-state index in [9.17, 15) is 4.79 Å². The molecule has 1 heterocycles. The minimum absolute atomic E-state index is 0.146. The Hall–Kier alpha value is -1.75. The van der Waals surface area contributed by atoms with Gasteiger partial charge in [0.1, 0.15) is 23.6 Å². The van der Waals surface area contributed by atoms with Crippen LogP contribution in [0.25, 0.3) is 0 Å². The molecule has 5 nitrogen and oxygen atoms in total. The number of hydrogen-bond acceptors (Lipinski definition) is 4. The summed E-state index contributed by atoms with van der Waals surface area (Å²) in [5.41, 5.74) is 7.47. The van der Waals surface area contributed by atoms with Crippen LogP contribution in [0, 0.1) is 0 Å². The lowest BCUT2D eigenvalue weighted by Crippen LogP contribution is -2.32. The van der Waals surface area contributed by atoms with Crippen LogP contribution >= 0.6 is 0 Å². The highest BCUT2D eigenvalue weighted by Gasteiger charge is 2.23. The highest BCUT2D eigenvalue weighted by Crippen LogP contribution is 2.35. The molecule has 2 atom stereocenters. The Morgan fingerprint density at radius 2 is 2.37 bits per heavy atom. The van der Waals surface area contributed by atoms with Crippen molar-refractivity contribution in [1.29, 1.82) is 0 Å². The van der Waals surface area contributed by atoms with Gasteiger partial charge < -0.3 is 20.3 Å². The van der Waals surface area contributed by atoms with E-state index in [0.717, 1.165) is 23.3 Å². The molecule has 1 aliphatic heterocycles. The molecule has 0 amide bonds. The Kier molecular flexibility index (Phi) is 3.95. The van der Waals surface area contributed by atoms with Gasteiger partial charge in [-0.15, -0.1) is 0 Å². The van der Waals surface area contributed by atoms with Crippen LogP contribution in [0.3, 0.4) is 0 Å². The monoisotopic (exact) mass is 265 g/mol. The molecule has 2 rings (SSSR count). The van der Waals surface area contributed by atoms with Crippen molar-refractivity contribution >= 4 is 5.97 Å². The van der Waals surface area contributed by atoms with Crippen molar-refractivity contribution in [3.8, 4) is 11.5 Å². The van der Waals surface area contributed by atoms with Crippen molar-refractivity contribution in [2.45, 2.75) is 38.8 Å². The van der Waals surface area contributed by atoms with Crippen LogP contribution in [0.15, 0.2) is 12.1 Å². The molecule has 19 heavy (non-hydrogen) atoms. The van der Waals surface area contributed by atoms with Crippen LogP contribution in [-0.2, 0) is 17.6 Å². The van der Waals surface area contributed by atoms with Gasteiger partial charge in [-0.1, -0.05) is 0 Å². The molecule has 1 aliphatic rings. The molecule has 0 saturated heterocycles. The smallest absolute Gasteiger partial charge is 0.320 e. The van der Waals surface area contributed by atoms with Gasteiger partial charge in [0.15, 0.2) is 0 Å². The third kappa shape index (κ3) is 2.98. The van der Waals surface area contributed by atoms with E-state index in [2.05, 4.69) is 0 Å². The number of carboxylic acids is 1. The first-order valence-corrected chi connectivity index (χ1v) is 6.45. The molecule has 0 bridgehead atoms. The molecule has 0 radical (unpaired) electrons. The van der Waals surface area contributed by atoms with E-state index in [-0.39, 0.29) is 12.5 Å². The number of rotatable bonds is 5. The number of ether oxygens (including phenoxy) is 2. The van der Waals surface area contributed by atoms with E-state index in [0.29, 0.717) is 12.4 Å². The number of hydrogen-bond donors (Lipinski definition) is 2. The van der Waals surface area contributed by atoms with Gasteiger partial charge in [-0.2, -0.15) is 0 Å². The molecule has 104 valence electrons. The molecule has 3 N–H and O–H groups in total. The summed E-state index contributed by atoms with van der Waals surface area (Å²) < 4.78 is 11.3. The average Bonchev–Trinajstić information content (AvgIpc) is 2.68. The van der Waals surface area contributed by atoms with Gasteiger partial charge in [-0.05, 0) is 31.5 Å². The van der Waals surface area contributed by atoms with Crippen molar-refractivity contribution in [2.24, 2.45) is 5.73 Å². The van der Waals surface area contributed by atoms with E-state index in [4.69, 9.17) is 20.3 Å². The van der Waals surface area contributed by atoms with Crippen molar-refractivity contribution in [3.05, 3.63) is 23.3 Å². The van der Waals surface area contributed by atoms with Gasteiger partial charge in [0.2, 0.25) is 0 Å². The molecule has 1 aromatic carbocycles. The van der Waals surface area contributed by atoms with E-state index in [1.165, 1.54) is 0 Å². The minimum Gasteiger partial charge on any atom is -0.494 e. The van der Waals surface area contributed by atoms with Crippen LogP contribution in [0.2, 0.25) is 0 Å². The second-order valence-electron chi connectivity index (χ2n) is 4.78. The van der Waals surface area contributed by atoms with Gasteiger partial charge in [0.25, 0.3) is 0 Å².